The summed E-state index contributed by atoms with van der Waals surface area (Å²) < 4.78 is 75.6. The van der Waals surface area contributed by atoms with E-state index in [1.54, 1.807) is 0 Å². The summed E-state index contributed by atoms with van der Waals surface area (Å²) in [6, 6.07) is 3.03. The van der Waals surface area contributed by atoms with E-state index in [0.29, 0.717) is 18.9 Å². The van der Waals surface area contributed by atoms with Crippen LogP contribution < -0.4 is 21.5 Å². The summed E-state index contributed by atoms with van der Waals surface area (Å²) in [7, 11) is 0. The van der Waals surface area contributed by atoms with Gasteiger partial charge >= 0.3 is 6.18 Å². The number of hydrogen-bond donors (Lipinski definition) is 3. The van der Waals surface area contributed by atoms with Gasteiger partial charge in [-0.1, -0.05) is 6.07 Å². The maximum absolute atomic E-state index is 14.4. The molecule has 36 heavy (non-hydrogen) atoms. The lowest BCUT2D eigenvalue weighted by atomic mass is 9.94. The lowest BCUT2D eigenvalue weighted by Crippen LogP contribution is -2.32. The van der Waals surface area contributed by atoms with Crippen molar-refractivity contribution in [3.63, 3.8) is 0 Å². The third kappa shape index (κ3) is 5.35. The molecule has 2 heterocycles. The second-order valence-electron chi connectivity index (χ2n) is 8.27. The molecule has 3 aromatic rings. The van der Waals surface area contributed by atoms with E-state index in [4.69, 9.17) is 16.2 Å². The van der Waals surface area contributed by atoms with Gasteiger partial charge in [0, 0.05) is 6.04 Å². The highest BCUT2D eigenvalue weighted by Gasteiger charge is 2.37. The maximum atomic E-state index is 14.4. The van der Waals surface area contributed by atoms with Crippen LogP contribution >= 0.6 is 0 Å². The molecule has 0 atom stereocenters. The van der Waals surface area contributed by atoms with E-state index < -0.39 is 51.9 Å². The summed E-state index contributed by atoms with van der Waals surface area (Å²) >= 11 is 0. The lowest BCUT2D eigenvalue weighted by molar-refractivity contribution is -0.137. The van der Waals surface area contributed by atoms with Crippen LogP contribution in [0.5, 0.6) is 5.88 Å². The molecule has 13 heteroatoms. The van der Waals surface area contributed by atoms with Crippen LogP contribution in [-0.4, -0.2) is 33.0 Å². The Morgan fingerprint density at radius 1 is 1.11 bits per heavy atom. The van der Waals surface area contributed by atoms with E-state index in [0.717, 1.165) is 31.0 Å². The number of benzene rings is 1. The number of rotatable bonds is 5. The largest absolute Gasteiger partial charge is 0.473 e. The van der Waals surface area contributed by atoms with Crippen molar-refractivity contribution in [1.29, 1.82) is 0 Å². The Labute approximate surface area is 201 Å². The zero-order valence-electron chi connectivity index (χ0n) is 18.6. The summed E-state index contributed by atoms with van der Waals surface area (Å²) in [5.74, 6) is -3.60. The van der Waals surface area contributed by atoms with Crippen LogP contribution in [-0.2, 0) is 6.18 Å². The fraction of sp³-hybridized carbons (Fsp3) is 0.304. The molecule has 1 aliphatic carbocycles. The quantitative estimate of drug-likeness (QED) is 0.438. The predicted molar refractivity (Wildman–Crippen MR) is 120 cm³/mol. The number of halogens is 5. The first-order valence-corrected chi connectivity index (χ1v) is 10.9. The molecule has 8 nitrogen and oxygen atoms in total. The summed E-state index contributed by atoms with van der Waals surface area (Å²) in [5, 5.41) is 2.41. The van der Waals surface area contributed by atoms with Crippen LogP contribution in [0.25, 0.3) is 11.3 Å². The minimum atomic E-state index is -5.06. The zero-order valence-corrected chi connectivity index (χ0v) is 18.6. The van der Waals surface area contributed by atoms with Gasteiger partial charge in [0.15, 0.2) is 5.69 Å². The highest BCUT2D eigenvalue weighted by atomic mass is 19.4. The van der Waals surface area contributed by atoms with Crippen molar-refractivity contribution in [2.45, 2.75) is 44.0 Å². The van der Waals surface area contributed by atoms with Gasteiger partial charge in [0.25, 0.3) is 5.91 Å². The van der Waals surface area contributed by atoms with E-state index in [2.05, 4.69) is 20.3 Å². The van der Waals surface area contributed by atoms with Gasteiger partial charge in [-0.2, -0.15) is 18.2 Å². The number of hydrogen-bond acceptors (Lipinski definition) is 7. The van der Waals surface area contributed by atoms with Gasteiger partial charge < -0.3 is 21.5 Å². The smallest absolute Gasteiger partial charge is 0.418 e. The van der Waals surface area contributed by atoms with Crippen LogP contribution in [0.1, 0.15) is 41.7 Å². The minimum Gasteiger partial charge on any atom is -0.473 e. The van der Waals surface area contributed by atoms with Gasteiger partial charge in [0.2, 0.25) is 5.88 Å². The number of ether oxygens (including phenoxy) is 1. The first-order chi connectivity index (χ1) is 17.0. The SMILES string of the molecule is Nc1cc(C(F)(F)F)c(-c2c(F)cccc2F)nc1C(=O)Nc1cncnc1O[C@H]1CC[C@H](N)CC1. The van der Waals surface area contributed by atoms with Crippen LogP contribution in [0.15, 0.2) is 36.8 Å². The molecule has 1 amide bonds. The number of anilines is 2. The first-order valence-electron chi connectivity index (χ1n) is 10.9. The van der Waals surface area contributed by atoms with E-state index in [1.807, 2.05) is 0 Å². The summed E-state index contributed by atoms with van der Waals surface area (Å²) in [6.07, 6.45) is -0.00217. The number of pyridine rings is 1. The normalized spacial score (nSPS) is 18.1. The van der Waals surface area contributed by atoms with E-state index in [9.17, 15) is 26.7 Å². The summed E-state index contributed by atoms with van der Waals surface area (Å²) in [6.45, 7) is 0. The van der Waals surface area contributed by atoms with Crippen molar-refractivity contribution in [2.75, 3.05) is 11.1 Å². The molecule has 5 N–H and O–H groups in total. The van der Waals surface area contributed by atoms with E-state index >= 15 is 0 Å². The van der Waals surface area contributed by atoms with Crippen molar-refractivity contribution >= 4 is 17.3 Å². The monoisotopic (exact) mass is 508 g/mol. The number of nitrogens with zero attached hydrogens (tertiary/aromatic N) is 3. The van der Waals surface area contributed by atoms with Gasteiger partial charge in [0.1, 0.15) is 29.8 Å². The van der Waals surface area contributed by atoms with Gasteiger partial charge in [-0.05, 0) is 43.9 Å². The van der Waals surface area contributed by atoms with Gasteiger partial charge in [-0.15, -0.1) is 0 Å². The highest BCUT2D eigenvalue weighted by molar-refractivity contribution is 6.07. The molecule has 0 spiro atoms. The average Bonchev–Trinajstić information content (AvgIpc) is 2.81. The molecule has 1 aromatic carbocycles. The van der Waals surface area contributed by atoms with E-state index in [-0.39, 0.29) is 23.7 Å². The molecular formula is C23H21F5N6O2. The first kappa shape index (κ1) is 25.2. The molecule has 0 saturated heterocycles. The molecule has 190 valence electrons. The Balaban J connectivity index is 1.69. The summed E-state index contributed by atoms with van der Waals surface area (Å²) in [5.41, 5.74) is 6.64. The Morgan fingerprint density at radius 2 is 1.78 bits per heavy atom. The van der Waals surface area contributed by atoms with Crippen LogP contribution in [0, 0.1) is 11.6 Å². The third-order valence-electron chi connectivity index (χ3n) is 5.69. The molecule has 4 rings (SSSR count). The second kappa shape index (κ2) is 10.0. The number of nitrogens with two attached hydrogens (primary N) is 2. The fourth-order valence-electron chi connectivity index (χ4n) is 3.89. The Morgan fingerprint density at radius 3 is 2.42 bits per heavy atom. The molecule has 0 radical (unpaired) electrons. The number of carbonyl (C=O) groups is 1. The summed E-state index contributed by atoms with van der Waals surface area (Å²) in [4.78, 5) is 24.5. The predicted octanol–water partition coefficient (Wildman–Crippen LogP) is 4.32. The van der Waals surface area contributed by atoms with Crippen molar-refractivity contribution in [2.24, 2.45) is 5.73 Å². The number of nitrogens with one attached hydrogen (secondary N) is 1. The highest BCUT2D eigenvalue weighted by Crippen LogP contribution is 2.39. The standard InChI is InChI=1S/C23H21F5N6O2/c24-14-2-1-3-15(25)18(14)19-13(23(26,27)28)8-16(30)20(34-19)21(35)33-17-9-31-10-32-22(17)36-12-6-4-11(29)5-7-12/h1-3,8-12H,4-7,29-30H2,(H,33,35)/t11-,12-. The molecule has 1 saturated carbocycles. The number of nitrogen functional groups attached to an aromatic ring is 1. The number of amides is 1. The minimum absolute atomic E-state index is 0.0112. The van der Waals surface area contributed by atoms with Crippen LogP contribution in [0.3, 0.4) is 0 Å². The lowest BCUT2D eigenvalue weighted by Gasteiger charge is -2.26. The topological polar surface area (TPSA) is 129 Å². The number of carbonyl (C=O) groups excluding carboxylic acids is 1. The van der Waals surface area contributed by atoms with Gasteiger partial charge in [-0.25, -0.2) is 18.7 Å². The number of alkyl halides is 3. The van der Waals surface area contributed by atoms with Crippen LogP contribution in [0.4, 0.5) is 33.3 Å². The van der Waals surface area contributed by atoms with Crippen molar-refractivity contribution in [1.82, 2.24) is 15.0 Å². The van der Waals surface area contributed by atoms with Crippen molar-refractivity contribution in [3.05, 3.63) is 59.7 Å². The fourth-order valence-corrected chi connectivity index (χ4v) is 3.89. The molecule has 0 aliphatic heterocycles. The molecule has 0 bridgehead atoms. The van der Waals surface area contributed by atoms with Gasteiger partial charge in [-0.3, -0.25) is 4.79 Å². The van der Waals surface area contributed by atoms with E-state index in [1.165, 1.54) is 12.5 Å². The maximum Gasteiger partial charge on any atom is 0.418 e. The Hall–Kier alpha value is -3.87. The Kier molecular flexibility index (Phi) is 7.02. The molecule has 1 aliphatic rings. The number of aromatic nitrogens is 3. The second-order valence-corrected chi connectivity index (χ2v) is 8.27. The third-order valence-corrected chi connectivity index (χ3v) is 5.69. The van der Waals surface area contributed by atoms with Crippen molar-refractivity contribution in [3.8, 4) is 17.1 Å². The zero-order chi connectivity index (χ0) is 26.0. The molecule has 0 unspecified atom stereocenters. The average molecular weight is 508 g/mol. The van der Waals surface area contributed by atoms with Gasteiger partial charge in [0.05, 0.1) is 28.7 Å². The molecular weight excluding hydrogens is 487 g/mol. The van der Waals surface area contributed by atoms with Crippen LogP contribution in [0.2, 0.25) is 0 Å². The Bertz CT molecular complexity index is 1260. The molecule has 2 aromatic heterocycles. The molecule has 1 fully saturated rings. The van der Waals surface area contributed by atoms with Crippen molar-refractivity contribution < 1.29 is 31.5 Å².